The van der Waals surface area contributed by atoms with Gasteiger partial charge in [0.15, 0.2) is 20.5 Å². The van der Waals surface area contributed by atoms with Crippen molar-refractivity contribution in [2.75, 3.05) is 13.7 Å². The molecule has 0 aromatic heterocycles. The van der Waals surface area contributed by atoms with E-state index < -0.39 is 38.7 Å². The van der Waals surface area contributed by atoms with E-state index in [1.54, 1.807) is 12.0 Å². The third kappa shape index (κ3) is 7.07. The molecule has 2 fully saturated rings. The first-order valence-corrected chi connectivity index (χ1v) is 18.1. The number of nitrogens with zero attached hydrogens (tertiary/aromatic N) is 1. The zero-order chi connectivity index (χ0) is 31.5. The molecule has 5 rings (SSSR count). The summed E-state index contributed by atoms with van der Waals surface area (Å²) < 4.78 is 31.5. The molecular weight excluding hydrogens is 574 g/mol. The van der Waals surface area contributed by atoms with Crippen LogP contribution in [0.4, 0.5) is 0 Å². The van der Waals surface area contributed by atoms with E-state index in [4.69, 9.17) is 23.4 Å². The number of amides is 1. The molecule has 4 atom stereocenters. The van der Waals surface area contributed by atoms with Crippen molar-refractivity contribution in [3.63, 3.8) is 0 Å². The van der Waals surface area contributed by atoms with Crippen molar-refractivity contribution in [1.29, 1.82) is 0 Å². The fourth-order valence-electron chi connectivity index (χ4n) is 5.20. The van der Waals surface area contributed by atoms with Crippen LogP contribution >= 0.6 is 0 Å². The summed E-state index contributed by atoms with van der Waals surface area (Å²) in [5.74, 6) is 0.239. The molecule has 0 saturated carbocycles. The topological polar surface area (TPSA) is 83.5 Å². The summed E-state index contributed by atoms with van der Waals surface area (Å²) in [5.41, 5.74) is 2.60. The van der Waals surface area contributed by atoms with Crippen LogP contribution in [0.1, 0.15) is 50.0 Å². The maximum absolute atomic E-state index is 14.5. The number of esters is 1. The van der Waals surface area contributed by atoms with Crippen molar-refractivity contribution < 1.29 is 33.0 Å². The Morgan fingerprint density at radius 3 is 2.05 bits per heavy atom. The van der Waals surface area contributed by atoms with Crippen LogP contribution in [0.3, 0.4) is 0 Å². The summed E-state index contributed by atoms with van der Waals surface area (Å²) in [4.78, 5) is 28.5. The van der Waals surface area contributed by atoms with Gasteiger partial charge in [-0.15, -0.1) is 0 Å². The predicted molar refractivity (Wildman–Crippen MR) is 169 cm³/mol. The first-order chi connectivity index (χ1) is 21.0. The van der Waals surface area contributed by atoms with Gasteiger partial charge in [-0.3, -0.25) is 4.79 Å². The number of β-lactam (4-membered cyclic amide) rings is 1. The van der Waals surface area contributed by atoms with Crippen molar-refractivity contribution in [3.8, 4) is 5.75 Å². The lowest BCUT2D eigenvalue weighted by atomic mass is 10.0. The Kier molecular flexibility index (Phi) is 9.60. The highest BCUT2D eigenvalue weighted by atomic mass is 28.4. The normalized spacial score (nSPS) is 19.7. The summed E-state index contributed by atoms with van der Waals surface area (Å²) in [6, 6.07) is 26.9. The molecular formula is C35H43NO7Si. The van der Waals surface area contributed by atoms with Crippen LogP contribution in [0.2, 0.25) is 18.1 Å². The predicted octanol–water partition coefficient (Wildman–Crippen LogP) is 6.26. The average Bonchev–Trinajstić information content (AvgIpc) is 3.36. The van der Waals surface area contributed by atoms with Gasteiger partial charge in [-0.25, -0.2) is 4.79 Å². The van der Waals surface area contributed by atoms with Crippen molar-refractivity contribution in [1.82, 2.24) is 4.90 Å². The minimum absolute atomic E-state index is 0.0315. The van der Waals surface area contributed by atoms with Crippen LogP contribution in [0.15, 0.2) is 84.9 Å². The molecule has 44 heavy (non-hydrogen) atoms. The third-order valence-corrected chi connectivity index (χ3v) is 13.3. The minimum atomic E-state index is -2.54. The fraction of sp³-hybridized carbons (Fsp3) is 0.429. The average molecular weight is 618 g/mol. The molecule has 3 aromatic rings. The number of ether oxygens (including phenoxy) is 4. The standard InChI is InChI=1S/C35H43NO7Si/c1-35(2,3)44(5,6)43-33(34(38)42-31(25-13-9-7-10-14-25)26-15-11-8-12-16-26)32(28-22-36-29(37)21-30(36)41-28)40-23-24-17-19-27(39-4)20-18-24/h7-20,28,30-33H,21-23H2,1-6H3/t28-,30+,32+,33-/m1/s1. The van der Waals surface area contributed by atoms with E-state index in [-0.39, 0.29) is 23.8 Å². The summed E-state index contributed by atoms with van der Waals surface area (Å²) in [7, 11) is -0.919. The van der Waals surface area contributed by atoms with Gasteiger partial charge < -0.3 is 28.3 Å². The van der Waals surface area contributed by atoms with Crippen molar-refractivity contribution in [2.45, 2.75) is 82.6 Å². The van der Waals surface area contributed by atoms with Crippen LogP contribution in [0.5, 0.6) is 5.75 Å². The van der Waals surface area contributed by atoms with E-state index in [0.717, 1.165) is 22.4 Å². The Balaban J connectivity index is 1.50. The molecule has 0 spiro atoms. The molecule has 0 N–H and O–H groups in total. The van der Waals surface area contributed by atoms with Gasteiger partial charge in [0.2, 0.25) is 5.91 Å². The number of carbonyl (C=O) groups excluding carboxylic acids is 2. The minimum Gasteiger partial charge on any atom is -0.497 e. The van der Waals surface area contributed by atoms with Gasteiger partial charge >= 0.3 is 5.97 Å². The number of hydrogen-bond donors (Lipinski definition) is 0. The Labute approximate surface area is 261 Å². The maximum Gasteiger partial charge on any atom is 0.337 e. The van der Waals surface area contributed by atoms with E-state index >= 15 is 0 Å². The molecule has 0 aliphatic carbocycles. The molecule has 9 heteroatoms. The molecule has 2 aliphatic rings. The van der Waals surface area contributed by atoms with Crippen molar-refractivity contribution in [3.05, 3.63) is 102 Å². The number of methoxy groups -OCH3 is 1. The van der Waals surface area contributed by atoms with E-state index in [2.05, 4.69) is 33.9 Å². The second-order valence-corrected chi connectivity index (χ2v) is 17.7. The number of rotatable bonds is 12. The monoisotopic (exact) mass is 617 g/mol. The number of carbonyl (C=O) groups is 2. The van der Waals surface area contributed by atoms with Gasteiger partial charge in [-0.1, -0.05) is 93.6 Å². The summed E-state index contributed by atoms with van der Waals surface area (Å²) in [6.45, 7) is 11.1. The Morgan fingerprint density at radius 2 is 1.55 bits per heavy atom. The maximum atomic E-state index is 14.5. The molecule has 0 bridgehead atoms. The van der Waals surface area contributed by atoms with Gasteiger partial charge in [0.05, 0.1) is 26.7 Å². The van der Waals surface area contributed by atoms with E-state index in [0.29, 0.717) is 13.0 Å². The Hall–Kier alpha value is -3.50. The first-order valence-electron chi connectivity index (χ1n) is 15.1. The fourth-order valence-corrected chi connectivity index (χ4v) is 6.42. The number of fused-ring (bicyclic) bond motifs is 1. The zero-order valence-corrected chi connectivity index (χ0v) is 27.4. The second kappa shape index (κ2) is 13.2. The van der Waals surface area contributed by atoms with E-state index in [9.17, 15) is 9.59 Å². The second-order valence-electron chi connectivity index (χ2n) is 12.9. The molecule has 8 nitrogen and oxygen atoms in total. The van der Waals surface area contributed by atoms with E-state index in [1.807, 2.05) is 84.9 Å². The third-order valence-electron chi connectivity index (χ3n) is 8.89. The van der Waals surface area contributed by atoms with Gasteiger partial charge in [-0.2, -0.15) is 0 Å². The Morgan fingerprint density at radius 1 is 0.955 bits per heavy atom. The zero-order valence-electron chi connectivity index (χ0n) is 26.4. The molecule has 0 unspecified atom stereocenters. The van der Waals surface area contributed by atoms with Gasteiger partial charge in [0.1, 0.15) is 24.2 Å². The first kappa shape index (κ1) is 31.9. The van der Waals surface area contributed by atoms with Crippen LogP contribution in [-0.2, 0) is 34.8 Å². The highest BCUT2D eigenvalue weighted by Crippen LogP contribution is 2.40. The lowest BCUT2D eigenvalue weighted by Crippen LogP contribution is -2.55. The quantitative estimate of drug-likeness (QED) is 0.135. The van der Waals surface area contributed by atoms with Crippen LogP contribution in [0, 0.1) is 0 Å². The SMILES string of the molecule is COc1ccc(CO[C@@H]([C@H]2CN3C(=O)C[C@@H]3O2)[C@@H](O[Si](C)(C)C(C)(C)C)C(=O)OC(c2ccccc2)c2ccccc2)cc1. The largest absolute Gasteiger partial charge is 0.497 e. The molecule has 1 amide bonds. The molecule has 2 aliphatic heterocycles. The van der Waals surface area contributed by atoms with E-state index in [1.165, 1.54) is 0 Å². The molecule has 2 saturated heterocycles. The van der Waals surface area contributed by atoms with Crippen molar-refractivity contribution in [2.24, 2.45) is 0 Å². The summed E-state index contributed by atoms with van der Waals surface area (Å²) in [6.07, 6.45) is -3.13. The summed E-state index contributed by atoms with van der Waals surface area (Å²) >= 11 is 0. The molecule has 234 valence electrons. The lowest BCUT2D eigenvalue weighted by Gasteiger charge is -2.41. The molecule has 0 radical (unpaired) electrons. The number of benzene rings is 3. The van der Waals surface area contributed by atoms with Gasteiger partial charge in [-0.05, 0) is 47.0 Å². The molecule has 2 heterocycles. The van der Waals surface area contributed by atoms with Crippen LogP contribution in [-0.4, -0.2) is 63.3 Å². The number of hydrogen-bond acceptors (Lipinski definition) is 7. The smallest absolute Gasteiger partial charge is 0.337 e. The molecule has 3 aromatic carbocycles. The van der Waals surface area contributed by atoms with Gasteiger partial charge in [0.25, 0.3) is 0 Å². The van der Waals surface area contributed by atoms with Crippen LogP contribution in [0.25, 0.3) is 0 Å². The summed E-state index contributed by atoms with van der Waals surface area (Å²) in [5, 5.41) is -0.195. The van der Waals surface area contributed by atoms with Gasteiger partial charge in [0, 0.05) is 0 Å². The highest BCUT2D eigenvalue weighted by Gasteiger charge is 2.53. The van der Waals surface area contributed by atoms with Crippen LogP contribution < -0.4 is 4.74 Å². The lowest BCUT2D eigenvalue weighted by molar-refractivity contribution is -0.178. The van der Waals surface area contributed by atoms with Crippen molar-refractivity contribution >= 4 is 20.2 Å². The highest BCUT2D eigenvalue weighted by molar-refractivity contribution is 6.74. The Bertz CT molecular complexity index is 1370.